The van der Waals surface area contributed by atoms with Gasteiger partial charge in [-0.15, -0.1) is 0 Å². The summed E-state index contributed by atoms with van der Waals surface area (Å²) in [6.07, 6.45) is 0. The minimum atomic E-state index is -0.105. The van der Waals surface area contributed by atoms with Gasteiger partial charge in [-0.3, -0.25) is 4.79 Å². The second kappa shape index (κ2) is 4.17. The number of aromatic amines is 1. The second-order valence-corrected chi connectivity index (χ2v) is 4.49. The molecule has 0 saturated heterocycles. The van der Waals surface area contributed by atoms with Crippen LogP contribution in [0.3, 0.4) is 0 Å². The van der Waals surface area contributed by atoms with Gasteiger partial charge < -0.3 is 4.98 Å². The van der Waals surface area contributed by atoms with E-state index < -0.39 is 0 Å². The summed E-state index contributed by atoms with van der Waals surface area (Å²) in [5, 5.41) is 0. The SMILES string of the molecule is Cc1cc(C)c(-c2cc(=O)[nH]c(C)n2)c(C)c1. The minimum absolute atomic E-state index is 0.105. The number of benzene rings is 1. The summed E-state index contributed by atoms with van der Waals surface area (Å²) >= 11 is 0. The lowest BCUT2D eigenvalue weighted by atomic mass is 9.97. The van der Waals surface area contributed by atoms with E-state index >= 15 is 0 Å². The zero-order valence-electron chi connectivity index (χ0n) is 10.6. The molecule has 1 heterocycles. The molecule has 0 aliphatic heterocycles. The van der Waals surface area contributed by atoms with Crippen LogP contribution in [-0.2, 0) is 0 Å². The molecule has 0 amide bonds. The average molecular weight is 228 g/mol. The molecule has 1 N–H and O–H groups in total. The Morgan fingerprint density at radius 1 is 1.00 bits per heavy atom. The van der Waals surface area contributed by atoms with Crippen LogP contribution in [0, 0.1) is 27.7 Å². The Kier molecular flexibility index (Phi) is 2.84. The van der Waals surface area contributed by atoms with E-state index in [9.17, 15) is 4.79 Å². The molecule has 17 heavy (non-hydrogen) atoms. The van der Waals surface area contributed by atoms with Gasteiger partial charge in [0.25, 0.3) is 5.56 Å². The van der Waals surface area contributed by atoms with E-state index in [1.165, 1.54) is 5.56 Å². The van der Waals surface area contributed by atoms with Crippen LogP contribution in [-0.4, -0.2) is 9.97 Å². The van der Waals surface area contributed by atoms with Crippen molar-refractivity contribution in [2.45, 2.75) is 27.7 Å². The molecule has 3 heteroatoms. The van der Waals surface area contributed by atoms with Crippen molar-refractivity contribution in [1.82, 2.24) is 9.97 Å². The Morgan fingerprint density at radius 2 is 1.59 bits per heavy atom. The molecule has 1 aromatic heterocycles. The second-order valence-electron chi connectivity index (χ2n) is 4.49. The van der Waals surface area contributed by atoms with Crippen LogP contribution in [0.15, 0.2) is 23.0 Å². The van der Waals surface area contributed by atoms with Gasteiger partial charge in [0.15, 0.2) is 0 Å². The van der Waals surface area contributed by atoms with Gasteiger partial charge in [0.05, 0.1) is 5.69 Å². The van der Waals surface area contributed by atoms with E-state index in [2.05, 4.69) is 29.0 Å². The third-order valence-electron chi connectivity index (χ3n) is 2.79. The maximum atomic E-state index is 11.5. The molecule has 3 nitrogen and oxygen atoms in total. The lowest BCUT2D eigenvalue weighted by Crippen LogP contribution is -2.09. The van der Waals surface area contributed by atoms with Crippen molar-refractivity contribution in [3.63, 3.8) is 0 Å². The van der Waals surface area contributed by atoms with Gasteiger partial charge in [-0.25, -0.2) is 4.98 Å². The number of rotatable bonds is 1. The molecule has 0 saturated carbocycles. The van der Waals surface area contributed by atoms with Crippen LogP contribution in [0.1, 0.15) is 22.5 Å². The van der Waals surface area contributed by atoms with Gasteiger partial charge in [0.1, 0.15) is 5.82 Å². The van der Waals surface area contributed by atoms with Gasteiger partial charge >= 0.3 is 0 Å². The van der Waals surface area contributed by atoms with Crippen molar-refractivity contribution in [2.24, 2.45) is 0 Å². The number of nitrogens with one attached hydrogen (secondary N) is 1. The first-order valence-corrected chi connectivity index (χ1v) is 5.63. The third-order valence-corrected chi connectivity index (χ3v) is 2.79. The molecule has 0 aliphatic rings. The van der Waals surface area contributed by atoms with Crippen molar-refractivity contribution < 1.29 is 0 Å². The first kappa shape index (κ1) is 11.6. The fourth-order valence-corrected chi connectivity index (χ4v) is 2.29. The predicted molar refractivity (Wildman–Crippen MR) is 69.2 cm³/mol. The van der Waals surface area contributed by atoms with E-state index in [0.717, 1.165) is 22.4 Å². The van der Waals surface area contributed by atoms with Crippen LogP contribution < -0.4 is 5.56 Å². The Morgan fingerprint density at radius 3 is 2.12 bits per heavy atom. The first-order chi connectivity index (χ1) is 7.97. The summed E-state index contributed by atoms with van der Waals surface area (Å²) in [4.78, 5) is 18.5. The number of nitrogens with zero attached hydrogens (tertiary/aromatic N) is 1. The molecule has 2 rings (SSSR count). The zero-order valence-corrected chi connectivity index (χ0v) is 10.6. The Balaban J connectivity index is 2.72. The van der Waals surface area contributed by atoms with E-state index in [4.69, 9.17) is 0 Å². The summed E-state index contributed by atoms with van der Waals surface area (Å²) in [6, 6.07) is 5.78. The lowest BCUT2D eigenvalue weighted by molar-refractivity contribution is 1.02. The highest BCUT2D eigenvalue weighted by molar-refractivity contribution is 5.67. The minimum Gasteiger partial charge on any atom is -0.311 e. The van der Waals surface area contributed by atoms with Crippen LogP contribution in [0.25, 0.3) is 11.3 Å². The molecule has 88 valence electrons. The highest BCUT2D eigenvalue weighted by Crippen LogP contribution is 2.25. The molecule has 0 bridgehead atoms. The topological polar surface area (TPSA) is 45.8 Å². The van der Waals surface area contributed by atoms with Crippen LogP contribution in [0.4, 0.5) is 0 Å². The van der Waals surface area contributed by atoms with Crippen LogP contribution >= 0.6 is 0 Å². The molecule has 2 aromatic rings. The molecular formula is C14H16N2O. The Bertz CT molecular complexity index is 603. The molecule has 0 atom stereocenters. The molecule has 0 aliphatic carbocycles. The standard InChI is InChI=1S/C14H16N2O/c1-8-5-9(2)14(10(3)6-8)12-7-13(17)16-11(4)15-12/h5-7H,1-4H3,(H,15,16,17). The van der Waals surface area contributed by atoms with Crippen molar-refractivity contribution in [3.05, 3.63) is 51.1 Å². The predicted octanol–water partition coefficient (Wildman–Crippen LogP) is 2.67. The average Bonchev–Trinajstić information content (AvgIpc) is 2.13. The fraction of sp³-hybridized carbons (Fsp3) is 0.286. The molecule has 0 fully saturated rings. The molecular weight excluding hydrogens is 212 g/mol. The van der Waals surface area contributed by atoms with Crippen molar-refractivity contribution in [1.29, 1.82) is 0 Å². The highest BCUT2D eigenvalue weighted by atomic mass is 16.1. The lowest BCUT2D eigenvalue weighted by Gasteiger charge is -2.10. The van der Waals surface area contributed by atoms with Gasteiger partial charge in [-0.2, -0.15) is 0 Å². The number of H-pyrrole nitrogens is 1. The molecule has 1 aromatic carbocycles. The normalized spacial score (nSPS) is 10.6. The summed E-state index contributed by atoms with van der Waals surface area (Å²) < 4.78 is 0. The van der Waals surface area contributed by atoms with Crippen LogP contribution in [0.2, 0.25) is 0 Å². The molecule has 0 spiro atoms. The van der Waals surface area contributed by atoms with Gasteiger partial charge in [-0.1, -0.05) is 17.7 Å². The molecule has 0 unspecified atom stereocenters. The van der Waals surface area contributed by atoms with Crippen LogP contribution in [0.5, 0.6) is 0 Å². The van der Waals surface area contributed by atoms with E-state index in [0.29, 0.717) is 5.82 Å². The van der Waals surface area contributed by atoms with E-state index in [1.54, 1.807) is 13.0 Å². The number of hydrogen-bond donors (Lipinski definition) is 1. The van der Waals surface area contributed by atoms with Crippen molar-refractivity contribution >= 4 is 0 Å². The first-order valence-electron chi connectivity index (χ1n) is 5.63. The smallest absolute Gasteiger partial charge is 0.251 e. The molecule has 0 radical (unpaired) electrons. The maximum Gasteiger partial charge on any atom is 0.251 e. The van der Waals surface area contributed by atoms with Gasteiger partial charge in [0, 0.05) is 11.6 Å². The third kappa shape index (κ3) is 2.28. The van der Waals surface area contributed by atoms with Gasteiger partial charge in [-0.05, 0) is 38.8 Å². The van der Waals surface area contributed by atoms with Crippen molar-refractivity contribution in [3.8, 4) is 11.3 Å². The van der Waals surface area contributed by atoms with Gasteiger partial charge in [0.2, 0.25) is 0 Å². The highest BCUT2D eigenvalue weighted by Gasteiger charge is 2.09. The summed E-state index contributed by atoms with van der Waals surface area (Å²) in [7, 11) is 0. The Hall–Kier alpha value is -1.90. The summed E-state index contributed by atoms with van der Waals surface area (Å²) in [6.45, 7) is 7.96. The fourth-order valence-electron chi connectivity index (χ4n) is 2.29. The van der Waals surface area contributed by atoms with E-state index in [-0.39, 0.29) is 5.56 Å². The quantitative estimate of drug-likeness (QED) is 0.815. The summed E-state index contributed by atoms with van der Waals surface area (Å²) in [5.74, 6) is 0.645. The largest absolute Gasteiger partial charge is 0.311 e. The van der Waals surface area contributed by atoms with Crippen molar-refractivity contribution in [2.75, 3.05) is 0 Å². The number of aromatic nitrogens is 2. The van der Waals surface area contributed by atoms with E-state index in [1.807, 2.05) is 13.8 Å². The number of aryl methyl sites for hydroxylation is 4. The Labute approximate surface area is 101 Å². The summed E-state index contributed by atoms with van der Waals surface area (Å²) in [5.41, 5.74) is 5.24. The monoisotopic (exact) mass is 228 g/mol. The maximum absolute atomic E-state index is 11.5. The number of hydrogen-bond acceptors (Lipinski definition) is 2. The zero-order chi connectivity index (χ0) is 12.6.